The quantitative estimate of drug-likeness (QED) is 0.0521. The van der Waals surface area contributed by atoms with Gasteiger partial charge in [-0.25, -0.2) is 4.70 Å². The van der Waals surface area contributed by atoms with Crippen LogP contribution in [0.25, 0.3) is 16.9 Å². The van der Waals surface area contributed by atoms with Crippen molar-refractivity contribution in [1.82, 2.24) is 0 Å². The minimum absolute atomic E-state index is 1.02. The molecule has 0 bridgehead atoms. The van der Waals surface area contributed by atoms with E-state index in [-0.39, 0.29) is 0 Å². The predicted octanol–water partition coefficient (Wildman–Crippen LogP) is 16.1. The normalized spacial score (nSPS) is 13.1. The monoisotopic (exact) mass is 741 g/mol. The molecule has 0 aliphatic carbocycles. The second kappa shape index (κ2) is 27.6. The summed E-state index contributed by atoms with van der Waals surface area (Å²) < 4.78 is 1.64. The summed E-state index contributed by atoms with van der Waals surface area (Å²) in [7, 11) is 0. The molecule has 3 rings (SSSR count). The molecular weight excluding hydrogens is 663 g/mol. The van der Waals surface area contributed by atoms with E-state index >= 15 is 0 Å². The molecule has 1 aliphatic rings. The number of rotatable bonds is 26. The van der Waals surface area contributed by atoms with Crippen LogP contribution >= 0.6 is 0 Å². The summed E-state index contributed by atoms with van der Waals surface area (Å²) in [6, 6.07) is 14.5. The topological polar surface area (TPSA) is 25.3 Å². The minimum atomic E-state index is 1.02. The van der Waals surface area contributed by atoms with Crippen LogP contribution in [-0.2, 0) is 40.1 Å². The van der Waals surface area contributed by atoms with Gasteiger partial charge >= 0.3 is 51.9 Å². The first kappa shape index (κ1) is 45.2. The fourth-order valence-electron chi connectivity index (χ4n) is 7.09. The van der Waals surface area contributed by atoms with Gasteiger partial charge in [0.25, 0.3) is 0 Å². The first-order chi connectivity index (χ1) is 24.9. The second-order valence-electron chi connectivity index (χ2n) is 14.8. The zero-order valence-corrected chi connectivity index (χ0v) is 35.6. The van der Waals surface area contributed by atoms with Gasteiger partial charge in [-0.1, -0.05) is 105 Å². The van der Waals surface area contributed by atoms with Crippen molar-refractivity contribution >= 4 is 11.4 Å². The molecule has 0 saturated carbocycles. The molecule has 2 nitrogen and oxygen atoms in total. The van der Waals surface area contributed by atoms with Crippen molar-refractivity contribution in [2.45, 2.75) is 207 Å². The van der Waals surface area contributed by atoms with E-state index in [1.165, 1.54) is 132 Å². The summed E-state index contributed by atoms with van der Waals surface area (Å²) in [5.41, 5.74) is 25.4. The van der Waals surface area contributed by atoms with Crippen LogP contribution in [0.4, 0.5) is 0 Å². The zero-order valence-electron chi connectivity index (χ0n) is 34.6. The standard InChI is InChI=1S/C42H64N2.2C3H7.Ni/c1-7-13-19-23-35-28-36(24-20-14-8-2)32-38(31-35)42-40(26-18-12-6)39(25-17-11-5)41(44(42)43)37-29-33(21-15-9-3)27-34(30-37)22-16-10-4;2*1-3-2;/h27-32H,7-26H2,1-6H3;2*1,3H2,2H3;. The van der Waals surface area contributed by atoms with Gasteiger partial charge in [-0.05, 0) is 124 Å². The summed E-state index contributed by atoms with van der Waals surface area (Å²) in [5, 5.41) is 2.72. The molecule has 0 atom stereocenters. The number of aryl methyl sites for hydroxylation is 4. The maximum atomic E-state index is 12.4. The number of allylic oxidation sites excluding steroid dienone is 2. The third-order valence-corrected chi connectivity index (χ3v) is 11.6. The third kappa shape index (κ3) is 15.9. The Labute approximate surface area is 323 Å². The van der Waals surface area contributed by atoms with Gasteiger partial charge in [0, 0.05) is 22.3 Å². The second-order valence-corrected chi connectivity index (χ2v) is 16.3. The first-order valence-corrected chi connectivity index (χ1v) is 23.0. The molecule has 0 saturated heterocycles. The first-order valence-electron chi connectivity index (χ1n) is 21.6. The fourth-order valence-corrected chi connectivity index (χ4v) is 8.04. The van der Waals surface area contributed by atoms with Crippen LogP contribution < -0.4 is 0 Å². The van der Waals surface area contributed by atoms with Gasteiger partial charge < -0.3 is 5.53 Å². The fraction of sp³-hybridized carbons (Fsp3) is 0.667. The van der Waals surface area contributed by atoms with Crippen LogP contribution in [0.3, 0.4) is 0 Å². The third-order valence-electron chi connectivity index (χ3n) is 9.89. The van der Waals surface area contributed by atoms with E-state index in [9.17, 15) is 5.53 Å². The Morgan fingerprint density at radius 1 is 0.392 bits per heavy atom. The molecule has 1 heterocycles. The maximum absolute atomic E-state index is 12.4. The molecule has 2 aromatic rings. The molecular formula is C48H78N2Ni. The number of nitrogens with zero attached hydrogens (tertiary/aromatic N) is 2. The van der Waals surface area contributed by atoms with Crippen LogP contribution in [-0.4, -0.2) is 4.70 Å². The van der Waals surface area contributed by atoms with Gasteiger partial charge in [-0.3, -0.25) is 0 Å². The number of unbranched alkanes of at least 4 members (excludes halogenated alkanes) is 8. The van der Waals surface area contributed by atoms with Crippen molar-refractivity contribution in [1.29, 1.82) is 0 Å². The Kier molecular flexibility index (Phi) is 24.4. The van der Waals surface area contributed by atoms with Crippen LogP contribution in [0.2, 0.25) is 10.8 Å². The summed E-state index contributed by atoms with van der Waals surface area (Å²) in [5.74, 6) is 0. The molecule has 0 spiro atoms. The van der Waals surface area contributed by atoms with Gasteiger partial charge in [-0.2, -0.15) is 0 Å². The molecule has 51 heavy (non-hydrogen) atoms. The summed E-state index contributed by atoms with van der Waals surface area (Å²) >= 11 is 1.90. The summed E-state index contributed by atoms with van der Waals surface area (Å²) in [6.45, 7) is 18.2. The Bertz CT molecular complexity index is 1270. The van der Waals surface area contributed by atoms with Crippen molar-refractivity contribution in [2.75, 3.05) is 0 Å². The SMILES string of the molecule is CCCCCc1cc(CCCCC)cc(C2=C(CCCC)C(CCCC)=C(c3cc(CCCC)cc(CCCC)c3)[N+]2=[N-])c1.CC[CH2][Ni][CH2]CC. The van der Waals surface area contributed by atoms with Crippen molar-refractivity contribution in [3.8, 4) is 0 Å². The Balaban J connectivity index is 0.00000116. The molecule has 0 aromatic heterocycles. The van der Waals surface area contributed by atoms with E-state index in [1.807, 2.05) is 14.4 Å². The molecule has 1 aliphatic heterocycles. The Hall–Kier alpha value is -1.99. The van der Waals surface area contributed by atoms with E-state index in [4.69, 9.17) is 0 Å². The molecule has 0 radical (unpaired) electrons. The van der Waals surface area contributed by atoms with E-state index in [2.05, 4.69) is 91.8 Å². The van der Waals surface area contributed by atoms with Crippen molar-refractivity contribution in [3.05, 3.63) is 86.5 Å². The number of benzene rings is 2. The number of hydrogen-bond donors (Lipinski definition) is 0. The zero-order chi connectivity index (χ0) is 37.3. The van der Waals surface area contributed by atoms with Crippen molar-refractivity contribution < 1.29 is 19.1 Å². The van der Waals surface area contributed by atoms with Crippen LogP contribution in [0.5, 0.6) is 0 Å². The van der Waals surface area contributed by atoms with Gasteiger partial charge in [0.15, 0.2) is 0 Å². The molecule has 0 amide bonds. The van der Waals surface area contributed by atoms with E-state index < -0.39 is 0 Å². The van der Waals surface area contributed by atoms with E-state index in [0.717, 1.165) is 75.6 Å². The van der Waals surface area contributed by atoms with E-state index in [1.54, 1.807) is 4.70 Å². The summed E-state index contributed by atoms with van der Waals surface area (Å²) in [4.78, 5) is 0. The van der Waals surface area contributed by atoms with Gasteiger partial charge in [0.05, 0.1) is 0 Å². The average Bonchev–Trinajstić information content (AvgIpc) is 3.42. The van der Waals surface area contributed by atoms with Crippen molar-refractivity contribution in [2.24, 2.45) is 0 Å². The van der Waals surface area contributed by atoms with Gasteiger partial charge in [0.1, 0.15) is 0 Å². The summed E-state index contributed by atoms with van der Waals surface area (Å²) in [6.07, 6.45) is 26.1. The van der Waals surface area contributed by atoms with E-state index in [0.29, 0.717) is 0 Å². The van der Waals surface area contributed by atoms with Gasteiger partial charge in [-0.15, -0.1) is 0 Å². The van der Waals surface area contributed by atoms with Crippen LogP contribution in [0.15, 0.2) is 47.5 Å². The van der Waals surface area contributed by atoms with Crippen LogP contribution in [0.1, 0.15) is 204 Å². The predicted molar refractivity (Wildman–Crippen MR) is 223 cm³/mol. The molecule has 3 heteroatoms. The van der Waals surface area contributed by atoms with Crippen molar-refractivity contribution in [3.63, 3.8) is 0 Å². The molecule has 0 unspecified atom stereocenters. The molecule has 0 N–H and O–H groups in total. The van der Waals surface area contributed by atoms with Crippen LogP contribution in [0, 0.1) is 0 Å². The Morgan fingerprint density at radius 2 is 0.706 bits per heavy atom. The molecule has 290 valence electrons. The number of hydrogen-bond acceptors (Lipinski definition) is 0. The van der Waals surface area contributed by atoms with Gasteiger partial charge in [0.2, 0.25) is 11.4 Å². The Morgan fingerprint density at radius 3 is 1.02 bits per heavy atom. The average molecular weight is 742 g/mol. The molecule has 0 fully saturated rings. The molecule has 2 aromatic carbocycles.